The molecule has 0 aliphatic heterocycles. The van der Waals surface area contributed by atoms with Gasteiger partial charge in [0.2, 0.25) is 0 Å². The van der Waals surface area contributed by atoms with Crippen LogP contribution in [-0.2, 0) is 37.9 Å². The average molecular weight is 429 g/mol. The summed E-state index contributed by atoms with van der Waals surface area (Å²) >= 11 is 0. The molecule has 0 fully saturated rings. The fourth-order valence-electron chi connectivity index (χ4n) is 1.85. The molecular weight excluding hydrogens is 411 g/mol. The predicted molar refractivity (Wildman–Crippen MR) is 80.6 cm³/mol. The molecule has 0 aromatic carbocycles. The van der Waals surface area contributed by atoms with Crippen LogP contribution in [0, 0.1) is 0 Å². The van der Waals surface area contributed by atoms with E-state index in [0.29, 0.717) is 0 Å². The molecule has 0 N–H and O–H groups in total. The number of rotatable bonds is 6. The summed E-state index contributed by atoms with van der Waals surface area (Å²) in [4.78, 5) is 0.408. The van der Waals surface area contributed by atoms with Crippen LogP contribution < -0.4 is 33.9 Å². The molecule has 0 atom stereocenters. The minimum atomic E-state index is -3.27. The third-order valence-electron chi connectivity index (χ3n) is 3.00. The van der Waals surface area contributed by atoms with E-state index in [-0.39, 0.29) is 48.1 Å². The Labute approximate surface area is 159 Å². The molecule has 25 heavy (non-hydrogen) atoms. The minimum Gasteiger partial charge on any atom is -1.00 e. The molecule has 0 saturated carbocycles. The zero-order chi connectivity index (χ0) is 17.1. The minimum absolute atomic E-state index is 0. The summed E-state index contributed by atoms with van der Waals surface area (Å²) < 4.78 is 54.7. The first kappa shape index (κ1) is 23.7. The van der Waals surface area contributed by atoms with E-state index in [2.05, 4.69) is 0 Å². The Morgan fingerprint density at radius 2 is 1.16 bits per heavy atom. The van der Waals surface area contributed by atoms with Gasteiger partial charge in [-0.15, -0.1) is 0 Å². The van der Waals surface area contributed by atoms with Crippen molar-refractivity contribution in [3.05, 3.63) is 49.1 Å². The summed E-state index contributed by atoms with van der Waals surface area (Å²) in [6.45, 7) is 0.277. The van der Waals surface area contributed by atoms with Crippen molar-refractivity contribution < 1.29 is 55.5 Å². The first-order chi connectivity index (χ1) is 10.7. The molecule has 0 amide bonds. The van der Waals surface area contributed by atoms with Gasteiger partial charge in [0.05, 0.1) is 0 Å². The number of hydrogen-bond acceptors (Lipinski definition) is 5. The van der Waals surface area contributed by atoms with Crippen molar-refractivity contribution in [1.82, 2.24) is 0 Å². The quantitative estimate of drug-likeness (QED) is 0.427. The number of aromatic nitrogens is 2. The predicted octanol–water partition coefficient (Wildman–Crippen LogP) is -6.29. The van der Waals surface area contributed by atoms with Crippen LogP contribution in [0.25, 0.3) is 0 Å². The zero-order valence-corrected chi connectivity index (χ0v) is 16.7. The molecule has 0 aliphatic rings. The van der Waals surface area contributed by atoms with Crippen LogP contribution in [0.5, 0.6) is 0 Å². The van der Waals surface area contributed by atoms with Gasteiger partial charge in [-0.1, -0.05) is 0 Å². The molecule has 2 heterocycles. The number of nitrogens with zero attached hydrogens (tertiary/aromatic N) is 2. The largest absolute Gasteiger partial charge is 1.00 e. The third-order valence-corrected chi connectivity index (χ3v) is 5.19. The van der Waals surface area contributed by atoms with E-state index in [1.54, 1.807) is 33.7 Å². The Kier molecular flexibility index (Phi) is 8.97. The van der Waals surface area contributed by atoms with E-state index in [9.17, 15) is 16.8 Å². The smallest absolute Gasteiger partial charge is 0.257 e. The van der Waals surface area contributed by atoms with Crippen molar-refractivity contribution in [3.63, 3.8) is 0 Å². The van der Waals surface area contributed by atoms with Gasteiger partial charge in [-0.2, -0.15) is 9.13 Å². The highest BCUT2D eigenvalue weighted by atomic mass is 35.5. The van der Waals surface area contributed by atoms with E-state index in [1.165, 1.54) is 24.5 Å². The lowest BCUT2D eigenvalue weighted by molar-refractivity contribution is -0.789. The number of hydrogen-bond donors (Lipinski definition) is 0. The lowest BCUT2D eigenvalue weighted by atomic mass is 10.5. The molecule has 0 radical (unpaired) electrons. The Morgan fingerprint density at radius 3 is 1.48 bits per heavy atom. The van der Waals surface area contributed by atoms with Crippen LogP contribution in [0.15, 0.2) is 58.8 Å². The van der Waals surface area contributed by atoms with Crippen LogP contribution >= 0.6 is 0 Å². The number of sulfone groups is 2. The molecule has 0 spiro atoms. The van der Waals surface area contributed by atoms with Crippen LogP contribution in [0.2, 0.25) is 0 Å². The van der Waals surface area contributed by atoms with Gasteiger partial charge < -0.3 is 24.8 Å². The van der Waals surface area contributed by atoms with Gasteiger partial charge in [-0.3, -0.25) is 4.74 Å². The summed E-state index contributed by atoms with van der Waals surface area (Å²) in [5, 5.41) is 0. The maximum Gasteiger partial charge on any atom is 0.257 e. The maximum absolute atomic E-state index is 11.5. The first-order valence-corrected chi connectivity index (χ1v) is 10.4. The Hall–Kier alpha value is -1.26. The molecule has 140 valence electrons. The van der Waals surface area contributed by atoms with Gasteiger partial charge in [0.1, 0.15) is 9.79 Å². The van der Waals surface area contributed by atoms with Gasteiger partial charge in [-0.25, -0.2) is 16.8 Å². The second-order valence-electron chi connectivity index (χ2n) is 5.11. The summed E-state index contributed by atoms with van der Waals surface area (Å²) in [6, 6.07) is 6.26. The summed E-state index contributed by atoms with van der Waals surface area (Å²) in [6.07, 6.45) is 8.61. The molecular formula is C14H18Cl2N2O5S2. The van der Waals surface area contributed by atoms with Crippen molar-refractivity contribution >= 4 is 19.7 Å². The van der Waals surface area contributed by atoms with Crippen molar-refractivity contribution in [1.29, 1.82) is 0 Å². The summed E-state index contributed by atoms with van der Waals surface area (Å²) in [7, 11) is -6.55. The Balaban J connectivity index is 0.00000288. The van der Waals surface area contributed by atoms with Crippen molar-refractivity contribution in [2.24, 2.45) is 0 Å². The highest BCUT2D eigenvalue weighted by molar-refractivity contribution is 7.91. The Morgan fingerprint density at radius 1 is 0.800 bits per heavy atom. The second-order valence-corrected chi connectivity index (χ2v) is 9.15. The lowest BCUT2D eigenvalue weighted by Gasteiger charge is -2.01. The van der Waals surface area contributed by atoms with Gasteiger partial charge >= 0.3 is 0 Å². The Bertz CT molecular complexity index is 843. The molecule has 2 rings (SSSR count). The maximum atomic E-state index is 11.5. The summed E-state index contributed by atoms with van der Waals surface area (Å²) in [5.41, 5.74) is 0. The molecule has 2 aromatic rings. The molecule has 0 aliphatic carbocycles. The van der Waals surface area contributed by atoms with Crippen LogP contribution in [0.3, 0.4) is 0 Å². The van der Waals surface area contributed by atoms with Crippen molar-refractivity contribution in [3.8, 4) is 0 Å². The van der Waals surface area contributed by atoms with Gasteiger partial charge in [0, 0.05) is 24.6 Å². The molecule has 7 nitrogen and oxygen atoms in total. The van der Waals surface area contributed by atoms with E-state index < -0.39 is 19.7 Å². The van der Waals surface area contributed by atoms with Crippen molar-refractivity contribution in [2.75, 3.05) is 12.5 Å². The zero-order valence-electron chi connectivity index (χ0n) is 13.5. The standard InChI is InChI=1S/C14H18N2O5S2.2ClH/c1-22(17,18)13-5-3-7-15(9-13)11-21-12-16-8-4-6-14(10-16)23(2,19)20;;/h3-10H,11-12H2,1-2H3;2*1H/q+2;;/p-2. The first-order valence-electron chi connectivity index (χ1n) is 6.62. The van der Waals surface area contributed by atoms with E-state index in [0.717, 1.165) is 12.5 Å². The summed E-state index contributed by atoms with van der Waals surface area (Å²) in [5.74, 6) is 0. The van der Waals surface area contributed by atoms with Crippen molar-refractivity contribution in [2.45, 2.75) is 23.3 Å². The topological polar surface area (TPSA) is 85.3 Å². The average Bonchev–Trinajstić information content (AvgIpc) is 2.46. The third kappa shape index (κ3) is 7.25. The molecule has 0 bridgehead atoms. The van der Waals surface area contributed by atoms with Crippen LogP contribution in [0.1, 0.15) is 0 Å². The van der Waals surface area contributed by atoms with Crippen LogP contribution in [-0.4, -0.2) is 29.3 Å². The normalized spacial score (nSPS) is 11.3. The number of pyridine rings is 2. The van der Waals surface area contributed by atoms with Crippen LogP contribution in [0.4, 0.5) is 0 Å². The fraction of sp³-hybridized carbons (Fsp3) is 0.286. The molecule has 0 saturated heterocycles. The van der Waals surface area contributed by atoms with E-state index in [4.69, 9.17) is 4.74 Å². The molecule has 0 unspecified atom stereocenters. The highest BCUT2D eigenvalue weighted by Gasteiger charge is 2.14. The van der Waals surface area contributed by atoms with E-state index >= 15 is 0 Å². The van der Waals surface area contributed by atoms with Gasteiger partial charge in [-0.05, 0) is 12.1 Å². The molecule has 11 heteroatoms. The second kappa shape index (κ2) is 9.44. The lowest BCUT2D eigenvalue weighted by Crippen LogP contribution is -3.00. The fourth-order valence-corrected chi connectivity index (χ4v) is 3.15. The number of halogens is 2. The van der Waals surface area contributed by atoms with Gasteiger partial charge in [0.25, 0.3) is 13.5 Å². The van der Waals surface area contributed by atoms with E-state index in [1.807, 2.05) is 0 Å². The van der Waals surface area contributed by atoms with Gasteiger partial charge in [0.15, 0.2) is 44.5 Å². The highest BCUT2D eigenvalue weighted by Crippen LogP contribution is 2.04. The molecule has 2 aromatic heterocycles. The number of ether oxygens (including phenoxy) is 1. The monoisotopic (exact) mass is 428 g/mol. The SMILES string of the molecule is CS(=O)(=O)c1ccc[n+](COC[n+]2cccc(S(C)(=O)=O)c2)c1.[Cl-].[Cl-].